The zero-order chi connectivity index (χ0) is 14.4. The van der Waals surface area contributed by atoms with Gasteiger partial charge in [0.1, 0.15) is 0 Å². The fourth-order valence-corrected chi connectivity index (χ4v) is 2.96. The summed E-state index contributed by atoms with van der Waals surface area (Å²) < 4.78 is 0. The average Bonchev–Trinajstić information content (AvgIpc) is 2.49. The molecule has 1 fully saturated rings. The van der Waals surface area contributed by atoms with Crippen LogP contribution in [0.5, 0.6) is 0 Å². The van der Waals surface area contributed by atoms with E-state index >= 15 is 0 Å². The van der Waals surface area contributed by atoms with Crippen LogP contribution in [0, 0.1) is 18.8 Å². The van der Waals surface area contributed by atoms with Crippen molar-refractivity contribution in [1.82, 2.24) is 4.90 Å². The van der Waals surface area contributed by atoms with Gasteiger partial charge in [0.25, 0.3) is 5.91 Å². The third-order valence-electron chi connectivity index (χ3n) is 3.24. The summed E-state index contributed by atoms with van der Waals surface area (Å²) in [6.45, 7) is 3.69. The Hall–Kier alpha value is -1.44. The van der Waals surface area contributed by atoms with Gasteiger partial charge in [0, 0.05) is 42.1 Å². The van der Waals surface area contributed by atoms with Crippen LogP contribution in [0.25, 0.3) is 0 Å². The number of aryl methyl sites for hydroxylation is 1. The summed E-state index contributed by atoms with van der Waals surface area (Å²) in [4.78, 5) is 14.3. The van der Waals surface area contributed by atoms with Crippen LogP contribution in [0.3, 0.4) is 0 Å². The molecule has 1 aliphatic rings. The van der Waals surface area contributed by atoms with Crippen LogP contribution >= 0.6 is 11.8 Å². The number of benzene rings is 1. The Balaban J connectivity index is 2.18. The highest BCUT2D eigenvalue weighted by molar-refractivity contribution is 7.99. The Morgan fingerprint density at radius 1 is 1.40 bits per heavy atom. The van der Waals surface area contributed by atoms with Crippen molar-refractivity contribution in [2.75, 3.05) is 31.2 Å². The highest BCUT2D eigenvalue weighted by atomic mass is 32.2. The Kier molecular flexibility index (Phi) is 5.51. The normalized spacial score (nSPS) is 14.6. The van der Waals surface area contributed by atoms with Crippen LogP contribution in [0.4, 0.5) is 0 Å². The lowest BCUT2D eigenvalue weighted by Gasteiger charge is -2.26. The van der Waals surface area contributed by atoms with Crippen molar-refractivity contribution in [1.29, 1.82) is 0 Å². The summed E-state index contributed by atoms with van der Waals surface area (Å²) in [6, 6.07) is 5.68. The molecule has 0 unspecified atom stereocenters. The lowest BCUT2D eigenvalue weighted by atomic mass is 10.0. The molecule has 1 aliphatic heterocycles. The molecule has 1 aromatic rings. The molecule has 2 rings (SSSR count). The number of aliphatic hydroxyl groups is 1. The van der Waals surface area contributed by atoms with Gasteiger partial charge < -0.3 is 10.0 Å². The van der Waals surface area contributed by atoms with E-state index in [1.54, 1.807) is 0 Å². The van der Waals surface area contributed by atoms with E-state index in [1.165, 1.54) is 0 Å². The Morgan fingerprint density at radius 2 is 2.15 bits per heavy atom. The summed E-state index contributed by atoms with van der Waals surface area (Å²) >= 11 is 1.89. The first kappa shape index (κ1) is 15.0. The summed E-state index contributed by atoms with van der Waals surface area (Å²) in [6.07, 6.45) is 0.459. The smallest absolute Gasteiger partial charge is 0.253 e. The van der Waals surface area contributed by atoms with Gasteiger partial charge >= 0.3 is 0 Å². The maximum atomic E-state index is 12.4. The number of carbonyl (C=O) groups is 1. The third kappa shape index (κ3) is 3.78. The van der Waals surface area contributed by atoms with Gasteiger partial charge in [-0.05, 0) is 24.6 Å². The SMILES string of the molecule is Cc1ccc(C(=O)N2CCSCC2)cc1C#CCCO. The molecule has 0 aliphatic carbocycles. The van der Waals surface area contributed by atoms with E-state index in [1.807, 2.05) is 41.8 Å². The Bertz CT molecular complexity index is 539. The number of carbonyl (C=O) groups excluding carboxylic acids is 1. The van der Waals surface area contributed by atoms with Crippen molar-refractivity contribution in [2.24, 2.45) is 0 Å². The predicted molar refractivity (Wildman–Crippen MR) is 83.0 cm³/mol. The van der Waals surface area contributed by atoms with Gasteiger partial charge in [-0.1, -0.05) is 17.9 Å². The zero-order valence-corrected chi connectivity index (χ0v) is 12.5. The molecule has 1 aromatic carbocycles. The second-order valence-electron chi connectivity index (χ2n) is 4.71. The Morgan fingerprint density at radius 3 is 2.85 bits per heavy atom. The molecule has 0 bridgehead atoms. The van der Waals surface area contributed by atoms with Gasteiger partial charge in [0.2, 0.25) is 0 Å². The van der Waals surface area contributed by atoms with E-state index in [-0.39, 0.29) is 12.5 Å². The van der Waals surface area contributed by atoms with Crippen molar-refractivity contribution in [3.8, 4) is 11.8 Å². The molecule has 1 N–H and O–H groups in total. The van der Waals surface area contributed by atoms with E-state index in [4.69, 9.17) is 5.11 Å². The number of thioether (sulfide) groups is 1. The predicted octanol–water partition coefficient (Wildman–Crippen LogP) is 1.92. The molecule has 1 heterocycles. The molecular formula is C16H19NO2S. The largest absolute Gasteiger partial charge is 0.395 e. The van der Waals surface area contributed by atoms with E-state index in [0.717, 1.165) is 35.7 Å². The van der Waals surface area contributed by atoms with Crippen molar-refractivity contribution in [2.45, 2.75) is 13.3 Å². The summed E-state index contributed by atoms with van der Waals surface area (Å²) in [7, 11) is 0. The minimum Gasteiger partial charge on any atom is -0.395 e. The molecule has 1 amide bonds. The van der Waals surface area contributed by atoms with Gasteiger partial charge in [0.15, 0.2) is 0 Å². The van der Waals surface area contributed by atoms with Gasteiger partial charge in [-0.3, -0.25) is 4.79 Å². The molecular weight excluding hydrogens is 270 g/mol. The van der Waals surface area contributed by atoms with E-state index in [2.05, 4.69) is 11.8 Å². The van der Waals surface area contributed by atoms with Crippen LogP contribution in [0.15, 0.2) is 18.2 Å². The highest BCUT2D eigenvalue weighted by Crippen LogP contribution is 2.16. The number of aliphatic hydroxyl groups excluding tert-OH is 1. The van der Waals surface area contributed by atoms with Gasteiger partial charge in [0.05, 0.1) is 6.61 Å². The number of rotatable bonds is 2. The minimum atomic E-state index is 0.0656. The molecule has 0 saturated carbocycles. The number of hydrogen-bond donors (Lipinski definition) is 1. The number of nitrogens with zero attached hydrogens (tertiary/aromatic N) is 1. The fourth-order valence-electron chi connectivity index (χ4n) is 2.05. The Labute approximate surface area is 124 Å². The van der Waals surface area contributed by atoms with Gasteiger partial charge in [-0.15, -0.1) is 0 Å². The third-order valence-corrected chi connectivity index (χ3v) is 4.19. The lowest BCUT2D eigenvalue weighted by molar-refractivity contribution is 0.0772. The highest BCUT2D eigenvalue weighted by Gasteiger charge is 2.18. The molecule has 106 valence electrons. The van der Waals surface area contributed by atoms with Crippen LogP contribution in [0.2, 0.25) is 0 Å². The maximum Gasteiger partial charge on any atom is 0.253 e. The standard InChI is InChI=1S/C16H19NO2S/c1-13-5-6-15(12-14(13)4-2-3-9-18)16(19)17-7-10-20-11-8-17/h5-6,12,18H,3,7-11H2,1H3. The summed E-state index contributed by atoms with van der Waals surface area (Å²) in [5.41, 5.74) is 2.63. The van der Waals surface area contributed by atoms with Crippen LogP contribution in [-0.4, -0.2) is 47.1 Å². The van der Waals surface area contributed by atoms with Crippen molar-refractivity contribution in [3.05, 3.63) is 34.9 Å². The molecule has 3 nitrogen and oxygen atoms in total. The van der Waals surface area contributed by atoms with E-state index in [9.17, 15) is 4.79 Å². The average molecular weight is 289 g/mol. The quantitative estimate of drug-likeness (QED) is 0.846. The van der Waals surface area contributed by atoms with Gasteiger partial charge in [-0.2, -0.15) is 11.8 Å². The molecule has 20 heavy (non-hydrogen) atoms. The first-order chi connectivity index (χ1) is 9.72. The first-order valence-corrected chi connectivity index (χ1v) is 7.95. The first-order valence-electron chi connectivity index (χ1n) is 6.80. The second kappa shape index (κ2) is 7.37. The molecule has 0 radical (unpaired) electrons. The van der Waals surface area contributed by atoms with E-state index in [0.29, 0.717) is 12.0 Å². The second-order valence-corrected chi connectivity index (χ2v) is 5.93. The van der Waals surface area contributed by atoms with Crippen molar-refractivity contribution in [3.63, 3.8) is 0 Å². The lowest BCUT2D eigenvalue weighted by Crippen LogP contribution is -2.37. The zero-order valence-electron chi connectivity index (χ0n) is 11.7. The molecule has 0 atom stereocenters. The van der Waals surface area contributed by atoms with Crippen molar-refractivity contribution < 1.29 is 9.90 Å². The van der Waals surface area contributed by atoms with Crippen LogP contribution < -0.4 is 0 Å². The fraction of sp³-hybridized carbons (Fsp3) is 0.438. The molecule has 1 saturated heterocycles. The van der Waals surface area contributed by atoms with Crippen LogP contribution in [-0.2, 0) is 0 Å². The number of amides is 1. The molecule has 0 spiro atoms. The van der Waals surface area contributed by atoms with Crippen molar-refractivity contribution >= 4 is 17.7 Å². The topological polar surface area (TPSA) is 40.5 Å². The van der Waals surface area contributed by atoms with Crippen LogP contribution in [0.1, 0.15) is 27.9 Å². The summed E-state index contributed by atoms with van der Waals surface area (Å²) in [5, 5.41) is 8.76. The minimum absolute atomic E-state index is 0.0656. The van der Waals surface area contributed by atoms with E-state index < -0.39 is 0 Å². The van der Waals surface area contributed by atoms with Gasteiger partial charge in [-0.25, -0.2) is 0 Å². The number of hydrogen-bond acceptors (Lipinski definition) is 3. The monoisotopic (exact) mass is 289 g/mol. The molecule has 4 heteroatoms. The molecule has 0 aromatic heterocycles. The maximum absolute atomic E-state index is 12.4. The summed E-state index contributed by atoms with van der Waals surface area (Å²) in [5.74, 6) is 8.06.